The summed E-state index contributed by atoms with van der Waals surface area (Å²) in [5.74, 6) is -0.930. The number of alkyl halides is 3. The Hall–Kier alpha value is -1.94. The first-order chi connectivity index (χ1) is 10.6. The monoisotopic (exact) mass is 349 g/mol. The first-order valence-electron chi connectivity index (χ1n) is 6.54. The van der Waals surface area contributed by atoms with Gasteiger partial charge in [0.1, 0.15) is 16.9 Å². The summed E-state index contributed by atoms with van der Waals surface area (Å²) in [6.45, 7) is 6.77. The molecule has 2 aromatic heterocycles. The fourth-order valence-corrected chi connectivity index (χ4v) is 3.10. The number of hydrogen-bond acceptors (Lipinski definition) is 5. The second-order valence-electron chi connectivity index (χ2n) is 4.88. The molecule has 0 aliphatic carbocycles. The van der Waals surface area contributed by atoms with Crippen molar-refractivity contribution in [1.29, 1.82) is 0 Å². The molecule has 1 aliphatic rings. The van der Waals surface area contributed by atoms with Crippen LogP contribution >= 0.6 is 11.3 Å². The van der Waals surface area contributed by atoms with Gasteiger partial charge in [0.05, 0.1) is 6.61 Å². The normalized spacial score (nSPS) is 16.7. The van der Waals surface area contributed by atoms with E-state index in [0.29, 0.717) is 6.61 Å². The summed E-state index contributed by atoms with van der Waals surface area (Å²) >= 11 is 1.77. The van der Waals surface area contributed by atoms with Gasteiger partial charge in [-0.15, -0.1) is 21.5 Å². The lowest BCUT2D eigenvalue weighted by molar-refractivity contribution is -0.192. The summed E-state index contributed by atoms with van der Waals surface area (Å²) in [7, 11) is 0. The zero-order chi connectivity index (χ0) is 17.4. The Labute approximate surface area is 133 Å². The molecule has 23 heavy (non-hydrogen) atoms. The van der Waals surface area contributed by atoms with E-state index in [4.69, 9.17) is 14.6 Å². The number of ether oxygens (including phenoxy) is 1. The molecule has 6 nitrogen and oxygen atoms in total. The van der Waals surface area contributed by atoms with Gasteiger partial charge < -0.3 is 9.84 Å². The van der Waals surface area contributed by atoms with E-state index in [0.717, 1.165) is 11.6 Å². The maximum Gasteiger partial charge on any atom is 0.490 e. The number of carboxylic acid groups (broad SMARTS) is 1. The summed E-state index contributed by atoms with van der Waals surface area (Å²) in [4.78, 5) is 10.2. The van der Waals surface area contributed by atoms with Gasteiger partial charge in [0.15, 0.2) is 5.82 Å². The van der Waals surface area contributed by atoms with Gasteiger partial charge in [-0.25, -0.2) is 4.79 Å². The van der Waals surface area contributed by atoms with Crippen molar-refractivity contribution in [3.8, 4) is 5.00 Å². The number of hydrogen-bond donors (Lipinski definition) is 1. The molecular weight excluding hydrogens is 335 g/mol. The number of carboxylic acids is 1. The van der Waals surface area contributed by atoms with Gasteiger partial charge >= 0.3 is 12.1 Å². The maximum absolute atomic E-state index is 10.6. The smallest absolute Gasteiger partial charge is 0.475 e. The minimum atomic E-state index is -5.08. The Kier molecular flexibility index (Phi) is 4.76. The molecule has 2 aromatic rings. The first-order valence-corrected chi connectivity index (χ1v) is 7.36. The van der Waals surface area contributed by atoms with Crippen molar-refractivity contribution in [2.75, 3.05) is 0 Å². The number of aromatic nitrogens is 3. The van der Waals surface area contributed by atoms with Gasteiger partial charge in [-0.1, -0.05) is 0 Å². The molecule has 1 atom stereocenters. The van der Waals surface area contributed by atoms with Crippen molar-refractivity contribution in [3.05, 3.63) is 28.2 Å². The molecule has 0 saturated heterocycles. The average Bonchev–Trinajstić information content (AvgIpc) is 2.95. The van der Waals surface area contributed by atoms with Crippen LogP contribution < -0.4 is 0 Å². The van der Waals surface area contributed by atoms with Crippen LogP contribution in [-0.2, 0) is 16.1 Å². The molecule has 0 aromatic carbocycles. The molecule has 0 amide bonds. The largest absolute Gasteiger partial charge is 0.490 e. The molecule has 0 radical (unpaired) electrons. The summed E-state index contributed by atoms with van der Waals surface area (Å²) in [6, 6.07) is 2.18. The molecule has 1 unspecified atom stereocenters. The van der Waals surface area contributed by atoms with Crippen LogP contribution in [0.25, 0.3) is 5.00 Å². The Morgan fingerprint density at radius 3 is 2.61 bits per heavy atom. The van der Waals surface area contributed by atoms with E-state index in [-0.39, 0.29) is 6.10 Å². The van der Waals surface area contributed by atoms with Gasteiger partial charge in [0.2, 0.25) is 0 Å². The molecule has 0 saturated carbocycles. The van der Waals surface area contributed by atoms with Crippen LogP contribution in [0.5, 0.6) is 0 Å². The summed E-state index contributed by atoms with van der Waals surface area (Å²) in [5, 5.41) is 16.7. The lowest BCUT2D eigenvalue weighted by atomic mass is 10.3. The van der Waals surface area contributed by atoms with E-state index in [1.807, 2.05) is 13.8 Å². The Morgan fingerprint density at radius 2 is 2.04 bits per heavy atom. The van der Waals surface area contributed by atoms with Crippen LogP contribution in [0.4, 0.5) is 13.2 Å². The fourth-order valence-electron chi connectivity index (χ4n) is 2.03. The highest BCUT2D eigenvalue weighted by molar-refractivity contribution is 7.14. The van der Waals surface area contributed by atoms with Crippen molar-refractivity contribution < 1.29 is 27.8 Å². The molecule has 3 heterocycles. The standard InChI is InChI=1S/C11H13N3OS.C2HF3O2/c1-6-4-9-5-15-7(2)10-13-12-8(3)14(10)11(9)16-6;3-2(4,5)1(6)7/h4,7H,5H2,1-3H3;(H,6,7). The van der Waals surface area contributed by atoms with Crippen LogP contribution in [0.15, 0.2) is 6.07 Å². The SMILES string of the molecule is Cc1cc2c(s1)-n1c(C)nnc1C(C)OC2.O=C(O)C(F)(F)F. The maximum atomic E-state index is 10.6. The van der Waals surface area contributed by atoms with Gasteiger partial charge in [-0.2, -0.15) is 13.2 Å². The summed E-state index contributed by atoms with van der Waals surface area (Å²) in [6.07, 6.45) is -5.08. The van der Waals surface area contributed by atoms with Crippen molar-refractivity contribution in [2.45, 2.75) is 39.7 Å². The zero-order valence-corrected chi connectivity index (χ0v) is 13.3. The third-order valence-electron chi connectivity index (χ3n) is 3.06. The predicted octanol–water partition coefficient (Wildman–Crippen LogP) is 3.17. The fraction of sp³-hybridized carbons (Fsp3) is 0.462. The van der Waals surface area contributed by atoms with Gasteiger partial charge in [-0.05, 0) is 26.8 Å². The summed E-state index contributed by atoms with van der Waals surface area (Å²) in [5.41, 5.74) is 1.23. The number of thiophene rings is 1. The van der Waals surface area contributed by atoms with Crippen LogP contribution in [0.1, 0.15) is 35.1 Å². The predicted molar refractivity (Wildman–Crippen MR) is 75.6 cm³/mol. The summed E-state index contributed by atoms with van der Waals surface area (Å²) < 4.78 is 39.6. The molecule has 3 rings (SSSR count). The van der Waals surface area contributed by atoms with E-state index in [1.165, 1.54) is 15.4 Å². The van der Waals surface area contributed by atoms with Gasteiger partial charge in [0.25, 0.3) is 0 Å². The van der Waals surface area contributed by atoms with Crippen LogP contribution in [0.3, 0.4) is 0 Å². The lowest BCUT2D eigenvalue weighted by Crippen LogP contribution is -2.21. The first kappa shape index (κ1) is 17.4. The Balaban J connectivity index is 0.000000236. The number of rotatable bonds is 0. The molecule has 0 fully saturated rings. The minimum Gasteiger partial charge on any atom is -0.475 e. The molecule has 10 heteroatoms. The number of halogens is 3. The van der Waals surface area contributed by atoms with Gasteiger partial charge in [0, 0.05) is 10.4 Å². The van der Waals surface area contributed by atoms with Crippen molar-refractivity contribution in [1.82, 2.24) is 14.8 Å². The number of aryl methyl sites for hydroxylation is 2. The third kappa shape index (κ3) is 3.70. The lowest BCUT2D eigenvalue weighted by Gasteiger charge is -2.08. The minimum absolute atomic E-state index is 0.00102. The van der Waals surface area contributed by atoms with Crippen molar-refractivity contribution in [2.24, 2.45) is 0 Å². The second kappa shape index (κ2) is 6.28. The molecule has 1 N–H and O–H groups in total. The Bertz CT molecular complexity index is 724. The van der Waals surface area contributed by atoms with Crippen LogP contribution in [0.2, 0.25) is 0 Å². The highest BCUT2D eigenvalue weighted by atomic mass is 32.1. The van der Waals surface area contributed by atoms with E-state index < -0.39 is 12.1 Å². The second-order valence-corrected chi connectivity index (χ2v) is 6.12. The highest BCUT2D eigenvalue weighted by Gasteiger charge is 2.38. The van der Waals surface area contributed by atoms with Crippen molar-refractivity contribution >= 4 is 17.3 Å². The molecule has 126 valence electrons. The third-order valence-corrected chi connectivity index (χ3v) is 4.14. The average molecular weight is 349 g/mol. The Morgan fingerprint density at radius 1 is 1.43 bits per heavy atom. The quantitative estimate of drug-likeness (QED) is 0.790. The van der Waals surface area contributed by atoms with Crippen LogP contribution in [-0.4, -0.2) is 32.0 Å². The van der Waals surface area contributed by atoms with Crippen LogP contribution in [0, 0.1) is 13.8 Å². The number of fused-ring (bicyclic) bond motifs is 3. The number of aliphatic carboxylic acids is 1. The molecule has 0 bridgehead atoms. The topological polar surface area (TPSA) is 77.2 Å². The van der Waals surface area contributed by atoms with Gasteiger partial charge in [-0.3, -0.25) is 4.57 Å². The molecule has 1 aliphatic heterocycles. The van der Waals surface area contributed by atoms with E-state index >= 15 is 0 Å². The zero-order valence-electron chi connectivity index (χ0n) is 12.5. The van der Waals surface area contributed by atoms with E-state index in [9.17, 15) is 13.2 Å². The number of carbonyl (C=O) groups is 1. The van der Waals surface area contributed by atoms with Crippen molar-refractivity contribution in [3.63, 3.8) is 0 Å². The number of nitrogens with zero attached hydrogens (tertiary/aromatic N) is 3. The molecular formula is C13H14F3N3O3S. The van der Waals surface area contributed by atoms with E-state index in [2.05, 4.69) is 27.8 Å². The highest BCUT2D eigenvalue weighted by Crippen LogP contribution is 2.34. The van der Waals surface area contributed by atoms with E-state index in [1.54, 1.807) is 11.3 Å². The molecule has 0 spiro atoms.